The van der Waals surface area contributed by atoms with Gasteiger partial charge in [-0.2, -0.15) is 5.10 Å². The molecule has 0 atom stereocenters. The number of nitrogens with two attached hydrogens (primary N) is 1. The molecule has 0 saturated heterocycles. The average Bonchev–Trinajstić information content (AvgIpc) is 2.67. The fraction of sp³-hybridized carbons (Fsp3) is 0.0909. The number of nitrogens with one attached hydrogen (secondary N) is 1. The van der Waals surface area contributed by atoms with Gasteiger partial charge in [0.1, 0.15) is 12.4 Å². The van der Waals surface area contributed by atoms with Gasteiger partial charge in [0, 0.05) is 6.20 Å². The standard InChI is InChI=1S/C11H11FN4O/c12-9-3-1-2-4-10(9)15-11(17)7-16-6-8(13)5-14-16/h1-6H,7,13H2,(H,15,17). The lowest BCUT2D eigenvalue weighted by molar-refractivity contribution is -0.116. The van der Waals surface area contributed by atoms with Crippen molar-refractivity contribution in [2.45, 2.75) is 6.54 Å². The molecule has 2 rings (SSSR count). The molecule has 1 amide bonds. The van der Waals surface area contributed by atoms with Crippen LogP contribution >= 0.6 is 0 Å². The minimum absolute atomic E-state index is 0.00840. The van der Waals surface area contributed by atoms with E-state index in [1.165, 1.54) is 29.2 Å². The summed E-state index contributed by atoms with van der Waals surface area (Å²) in [4.78, 5) is 11.6. The molecule has 88 valence electrons. The Bertz CT molecular complexity index is 538. The minimum Gasteiger partial charge on any atom is -0.396 e. The maximum atomic E-state index is 13.2. The van der Waals surface area contributed by atoms with Crippen LogP contribution in [0.5, 0.6) is 0 Å². The predicted octanol–water partition coefficient (Wildman–Crippen LogP) is 1.24. The molecule has 1 aromatic carbocycles. The van der Waals surface area contributed by atoms with Gasteiger partial charge in [-0.05, 0) is 12.1 Å². The zero-order chi connectivity index (χ0) is 12.3. The SMILES string of the molecule is Nc1cnn(CC(=O)Nc2ccccc2F)c1. The Kier molecular flexibility index (Phi) is 3.04. The van der Waals surface area contributed by atoms with E-state index in [9.17, 15) is 9.18 Å². The Morgan fingerprint density at radius 3 is 2.88 bits per heavy atom. The van der Waals surface area contributed by atoms with Gasteiger partial charge in [-0.15, -0.1) is 0 Å². The predicted molar refractivity (Wildman–Crippen MR) is 61.7 cm³/mol. The largest absolute Gasteiger partial charge is 0.396 e. The second-order valence-corrected chi connectivity index (χ2v) is 3.50. The van der Waals surface area contributed by atoms with Crippen LogP contribution < -0.4 is 11.1 Å². The molecular weight excluding hydrogens is 223 g/mol. The van der Waals surface area contributed by atoms with Crippen LogP contribution in [0.4, 0.5) is 15.8 Å². The van der Waals surface area contributed by atoms with Crippen molar-refractivity contribution in [3.63, 3.8) is 0 Å². The maximum absolute atomic E-state index is 13.2. The third-order valence-electron chi connectivity index (χ3n) is 2.11. The summed E-state index contributed by atoms with van der Waals surface area (Å²) in [6.07, 6.45) is 2.97. The number of hydrogen-bond donors (Lipinski definition) is 2. The van der Waals surface area contributed by atoms with E-state index in [0.29, 0.717) is 5.69 Å². The molecule has 0 fully saturated rings. The molecule has 17 heavy (non-hydrogen) atoms. The van der Waals surface area contributed by atoms with Crippen LogP contribution in [0.1, 0.15) is 0 Å². The molecule has 5 nitrogen and oxygen atoms in total. The lowest BCUT2D eigenvalue weighted by Crippen LogP contribution is -2.19. The molecule has 1 heterocycles. The van der Waals surface area contributed by atoms with Crippen LogP contribution in [0, 0.1) is 5.82 Å². The van der Waals surface area contributed by atoms with E-state index in [4.69, 9.17) is 5.73 Å². The highest BCUT2D eigenvalue weighted by molar-refractivity contribution is 5.90. The highest BCUT2D eigenvalue weighted by Crippen LogP contribution is 2.12. The zero-order valence-corrected chi connectivity index (χ0v) is 8.93. The second-order valence-electron chi connectivity index (χ2n) is 3.50. The second kappa shape index (κ2) is 4.65. The fourth-order valence-corrected chi connectivity index (χ4v) is 1.37. The van der Waals surface area contributed by atoms with Crippen LogP contribution in [-0.4, -0.2) is 15.7 Å². The van der Waals surface area contributed by atoms with E-state index in [1.54, 1.807) is 12.1 Å². The average molecular weight is 234 g/mol. The third-order valence-corrected chi connectivity index (χ3v) is 2.11. The van der Waals surface area contributed by atoms with Gasteiger partial charge in [-0.3, -0.25) is 9.48 Å². The summed E-state index contributed by atoms with van der Waals surface area (Å²) in [6.45, 7) is -0.00840. The number of rotatable bonds is 3. The summed E-state index contributed by atoms with van der Waals surface area (Å²) in [7, 11) is 0. The number of halogens is 1. The molecule has 2 aromatic rings. The normalized spacial score (nSPS) is 10.2. The van der Waals surface area contributed by atoms with E-state index in [2.05, 4.69) is 10.4 Å². The molecule has 0 spiro atoms. The molecule has 3 N–H and O–H groups in total. The number of para-hydroxylation sites is 1. The van der Waals surface area contributed by atoms with Gasteiger partial charge in [0.05, 0.1) is 17.6 Å². The Morgan fingerprint density at radius 1 is 1.47 bits per heavy atom. The van der Waals surface area contributed by atoms with Gasteiger partial charge in [-0.25, -0.2) is 4.39 Å². The highest BCUT2D eigenvalue weighted by Gasteiger charge is 2.07. The number of nitrogens with zero attached hydrogens (tertiary/aromatic N) is 2. The van der Waals surface area contributed by atoms with Crippen LogP contribution in [-0.2, 0) is 11.3 Å². The molecule has 1 aromatic heterocycles. The molecular formula is C11H11FN4O. The fourth-order valence-electron chi connectivity index (χ4n) is 1.37. The highest BCUT2D eigenvalue weighted by atomic mass is 19.1. The number of anilines is 2. The first-order valence-electron chi connectivity index (χ1n) is 4.97. The summed E-state index contributed by atoms with van der Waals surface area (Å²) in [5.74, 6) is -0.834. The minimum atomic E-state index is -0.471. The van der Waals surface area contributed by atoms with Gasteiger partial charge < -0.3 is 11.1 Å². The van der Waals surface area contributed by atoms with Gasteiger partial charge >= 0.3 is 0 Å². The number of carbonyl (C=O) groups excluding carboxylic acids is 1. The van der Waals surface area contributed by atoms with Gasteiger partial charge in [-0.1, -0.05) is 12.1 Å². The Morgan fingerprint density at radius 2 is 2.24 bits per heavy atom. The Hall–Kier alpha value is -2.37. The first-order valence-corrected chi connectivity index (χ1v) is 4.97. The summed E-state index contributed by atoms with van der Waals surface area (Å²) in [5.41, 5.74) is 6.08. The Balaban J connectivity index is 2.01. The number of hydrogen-bond acceptors (Lipinski definition) is 3. The molecule has 0 aliphatic heterocycles. The van der Waals surface area contributed by atoms with Crippen LogP contribution in [0.15, 0.2) is 36.7 Å². The van der Waals surface area contributed by atoms with Gasteiger partial charge in [0.25, 0.3) is 0 Å². The summed E-state index contributed by atoms with van der Waals surface area (Å²) in [5, 5.41) is 6.31. The summed E-state index contributed by atoms with van der Waals surface area (Å²) in [6, 6.07) is 5.97. The van der Waals surface area contributed by atoms with E-state index in [1.807, 2.05) is 0 Å². The third kappa shape index (κ3) is 2.81. The van der Waals surface area contributed by atoms with Gasteiger partial charge in [0.2, 0.25) is 5.91 Å². The first kappa shape index (κ1) is 11.1. The van der Waals surface area contributed by atoms with Crippen molar-refractivity contribution in [3.05, 3.63) is 42.5 Å². The van der Waals surface area contributed by atoms with Crippen molar-refractivity contribution in [2.24, 2.45) is 0 Å². The molecule has 0 radical (unpaired) electrons. The number of aromatic nitrogens is 2. The van der Waals surface area contributed by atoms with Crippen molar-refractivity contribution >= 4 is 17.3 Å². The number of benzene rings is 1. The smallest absolute Gasteiger partial charge is 0.246 e. The van der Waals surface area contributed by atoms with E-state index in [-0.39, 0.29) is 18.1 Å². The lowest BCUT2D eigenvalue weighted by atomic mass is 10.3. The topological polar surface area (TPSA) is 72.9 Å². The monoisotopic (exact) mass is 234 g/mol. The van der Waals surface area contributed by atoms with Crippen LogP contribution in [0.25, 0.3) is 0 Å². The zero-order valence-electron chi connectivity index (χ0n) is 8.93. The number of carbonyl (C=O) groups is 1. The first-order chi connectivity index (χ1) is 8.15. The van der Waals surface area contributed by atoms with Crippen LogP contribution in [0.3, 0.4) is 0 Å². The molecule has 0 aliphatic carbocycles. The molecule has 0 bridgehead atoms. The Labute approximate surface area is 97.0 Å². The number of amides is 1. The van der Waals surface area contributed by atoms with E-state index in [0.717, 1.165) is 0 Å². The van der Waals surface area contributed by atoms with E-state index < -0.39 is 5.82 Å². The van der Waals surface area contributed by atoms with Crippen molar-refractivity contribution in [3.8, 4) is 0 Å². The quantitative estimate of drug-likeness (QED) is 0.839. The maximum Gasteiger partial charge on any atom is 0.246 e. The van der Waals surface area contributed by atoms with Crippen molar-refractivity contribution in [2.75, 3.05) is 11.1 Å². The molecule has 6 heteroatoms. The summed E-state index contributed by atoms with van der Waals surface area (Å²) >= 11 is 0. The summed E-state index contributed by atoms with van der Waals surface area (Å²) < 4.78 is 14.6. The van der Waals surface area contributed by atoms with Gasteiger partial charge in [0.15, 0.2) is 0 Å². The van der Waals surface area contributed by atoms with E-state index >= 15 is 0 Å². The van der Waals surface area contributed by atoms with Crippen molar-refractivity contribution in [1.82, 2.24) is 9.78 Å². The lowest BCUT2D eigenvalue weighted by Gasteiger charge is -2.05. The molecule has 0 saturated carbocycles. The van der Waals surface area contributed by atoms with Crippen molar-refractivity contribution in [1.29, 1.82) is 0 Å². The molecule has 0 unspecified atom stereocenters. The van der Waals surface area contributed by atoms with Crippen LogP contribution in [0.2, 0.25) is 0 Å². The number of nitrogen functional groups attached to an aromatic ring is 1. The molecule has 0 aliphatic rings. The van der Waals surface area contributed by atoms with Crippen molar-refractivity contribution < 1.29 is 9.18 Å².